The Kier molecular flexibility index (Phi) is 6.23. The summed E-state index contributed by atoms with van der Waals surface area (Å²) in [5.41, 5.74) is 0.910. The maximum absolute atomic E-state index is 11.9. The van der Waals surface area contributed by atoms with E-state index >= 15 is 0 Å². The molecule has 0 aliphatic heterocycles. The number of hydrogen-bond acceptors (Lipinski definition) is 4. The van der Waals surface area contributed by atoms with Crippen molar-refractivity contribution in [3.8, 4) is 0 Å². The summed E-state index contributed by atoms with van der Waals surface area (Å²) >= 11 is 0. The smallest absolute Gasteiger partial charge is 0.412 e. The van der Waals surface area contributed by atoms with Crippen molar-refractivity contribution in [2.45, 2.75) is 66.1 Å². The van der Waals surface area contributed by atoms with E-state index in [1.807, 2.05) is 19.1 Å². The molecule has 0 saturated heterocycles. The molecule has 0 spiro atoms. The second kappa shape index (κ2) is 7.55. The molecule has 1 aromatic rings. The predicted octanol–water partition coefficient (Wildman–Crippen LogP) is 4.94. The van der Waals surface area contributed by atoms with E-state index in [1.54, 1.807) is 47.6 Å². The van der Waals surface area contributed by atoms with Crippen molar-refractivity contribution < 1.29 is 19.1 Å². The Hall–Kier alpha value is -2.24. The van der Waals surface area contributed by atoms with Gasteiger partial charge in [0.25, 0.3) is 0 Å². The van der Waals surface area contributed by atoms with Crippen LogP contribution < -0.4 is 10.6 Å². The highest BCUT2D eigenvalue weighted by Gasteiger charge is 2.18. The number of anilines is 2. The van der Waals surface area contributed by atoms with E-state index < -0.39 is 23.4 Å². The molecule has 6 nitrogen and oxygen atoms in total. The molecule has 24 heavy (non-hydrogen) atoms. The van der Waals surface area contributed by atoms with Crippen LogP contribution in [0.15, 0.2) is 18.2 Å². The van der Waals surface area contributed by atoms with E-state index in [4.69, 9.17) is 9.47 Å². The van der Waals surface area contributed by atoms with Gasteiger partial charge in [-0.15, -0.1) is 0 Å². The third-order valence-corrected chi connectivity index (χ3v) is 2.69. The molecule has 0 unspecified atom stereocenters. The molecular weight excluding hydrogens is 308 g/mol. The number of aryl methyl sites for hydroxylation is 1. The van der Waals surface area contributed by atoms with E-state index in [0.717, 1.165) is 12.0 Å². The molecule has 0 saturated carbocycles. The van der Waals surface area contributed by atoms with Crippen LogP contribution in [0, 0.1) is 0 Å². The van der Waals surface area contributed by atoms with Gasteiger partial charge in [-0.05, 0) is 71.7 Å². The van der Waals surface area contributed by atoms with Gasteiger partial charge in [-0.1, -0.05) is 6.92 Å². The van der Waals surface area contributed by atoms with Gasteiger partial charge in [0.15, 0.2) is 0 Å². The van der Waals surface area contributed by atoms with Crippen molar-refractivity contribution in [1.82, 2.24) is 0 Å². The van der Waals surface area contributed by atoms with Crippen LogP contribution in [0.25, 0.3) is 0 Å². The molecule has 0 aliphatic rings. The lowest BCUT2D eigenvalue weighted by Gasteiger charge is -2.21. The highest BCUT2D eigenvalue weighted by atomic mass is 16.6. The lowest BCUT2D eigenvalue weighted by atomic mass is 10.1. The van der Waals surface area contributed by atoms with Crippen LogP contribution in [0.4, 0.5) is 21.0 Å². The van der Waals surface area contributed by atoms with E-state index in [-0.39, 0.29) is 0 Å². The fraction of sp³-hybridized carbons (Fsp3) is 0.556. The molecule has 0 aliphatic carbocycles. The first-order chi connectivity index (χ1) is 10.9. The SMILES string of the molecule is CCc1cc(NC(=O)OC(C)(C)C)cc(NC(=O)OC(C)(C)C)c1. The van der Waals surface area contributed by atoms with Crippen molar-refractivity contribution in [3.63, 3.8) is 0 Å². The van der Waals surface area contributed by atoms with Crippen LogP contribution in [-0.2, 0) is 15.9 Å². The van der Waals surface area contributed by atoms with Gasteiger partial charge in [-0.3, -0.25) is 10.6 Å². The minimum atomic E-state index is -0.579. The molecule has 2 N–H and O–H groups in total. The van der Waals surface area contributed by atoms with Gasteiger partial charge in [0.2, 0.25) is 0 Å². The molecule has 0 bridgehead atoms. The topological polar surface area (TPSA) is 76.7 Å². The number of carbonyl (C=O) groups is 2. The standard InChI is InChI=1S/C18H28N2O4/c1-8-12-9-13(19-15(21)23-17(2,3)4)11-14(10-12)20-16(22)24-18(5,6)7/h9-11H,8H2,1-7H3,(H,19,21)(H,20,22). The van der Waals surface area contributed by atoms with Crippen molar-refractivity contribution in [2.75, 3.05) is 10.6 Å². The fourth-order valence-electron chi connectivity index (χ4n) is 1.88. The van der Waals surface area contributed by atoms with Crippen LogP contribution in [0.5, 0.6) is 0 Å². The van der Waals surface area contributed by atoms with Crippen molar-refractivity contribution in [2.24, 2.45) is 0 Å². The Balaban J connectivity index is 2.88. The number of amides is 2. The van der Waals surface area contributed by atoms with E-state index in [1.165, 1.54) is 0 Å². The largest absolute Gasteiger partial charge is 0.444 e. The molecule has 6 heteroatoms. The van der Waals surface area contributed by atoms with Gasteiger partial charge in [0.1, 0.15) is 11.2 Å². The second-order valence-corrected chi connectivity index (χ2v) is 7.53. The summed E-state index contributed by atoms with van der Waals surface area (Å²) in [6, 6.07) is 5.33. The molecule has 134 valence electrons. The average molecular weight is 336 g/mol. The molecular formula is C18H28N2O4. The number of nitrogens with one attached hydrogen (secondary N) is 2. The van der Waals surface area contributed by atoms with Crippen molar-refractivity contribution in [1.29, 1.82) is 0 Å². The van der Waals surface area contributed by atoms with E-state index in [0.29, 0.717) is 11.4 Å². The zero-order chi connectivity index (χ0) is 18.5. The van der Waals surface area contributed by atoms with Gasteiger partial charge in [-0.2, -0.15) is 0 Å². The minimum Gasteiger partial charge on any atom is -0.444 e. The maximum atomic E-state index is 11.9. The van der Waals surface area contributed by atoms with Gasteiger partial charge in [-0.25, -0.2) is 9.59 Å². The van der Waals surface area contributed by atoms with Crippen LogP contribution in [0.3, 0.4) is 0 Å². The summed E-state index contributed by atoms with van der Waals surface area (Å²) in [5.74, 6) is 0. The van der Waals surface area contributed by atoms with Gasteiger partial charge in [0.05, 0.1) is 0 Å². The van der Waals surface area contributed by atoms with Gasteiger partial charge < -0.3 is 9.47 Å². The van der Waals surface area contributed by atoms with Crippen LogP contribution >= 0.6 is 0 Å². The number of carbonyl (C=O) groups excluding carboxylic acids is 2. The van der Waals surface area contributed by atoms with Crippen LogP contribution in [-0.4, -0.2) is 23.4 Å². The lowest BCUT2D eigenvalue weighted by Crippen LogP contribution is -2.28. The summed E-state index contributed by atoms with van der Waals surface area (Å²) < 4.78 is 10.5. The summed E-state index contributed by atoms with van der Waals surface area (Å²) in [7, 11) is 0. The lowest BCUT2D eigenvalue weighted by molar-refractivity contribution is 0.0625. The Bertz CT molecular complexity index is 550. The molecule has 0 radical (unpaired) electrons. The summed E-state index contributed by atoms with van der Waals surface area (Å²) in [6.45, 7) is 12.8. The monoisotopic (exact) mass is 336 g/mol. The Labute approximate surface area is 143 Å². The molecule has 2 amide bonds. The predicted molar refractivity (Wildman–Crippen MR) is 95.5 cm³/mol. The zero-order valence-electron chi connectivity index (χ0n) is 15.6. The molecule has 0 fully saturated rings. The highest BCUT2D eigenvalue weighted by molar-refractivity contribution is 5.89. The number of rotatable bonds is 3. The summed E-state index contributed by atoms with van der Waals surface area (Å²) in [6.07, 6.45) is -0.328. The number of ether oxygens (including phenoxy) is 2. The molecule has 0 atom stereocenters. The first-order valence-electron chi connectivity index (χ1n) is 8.02. The molecule has 1 aromatic carbocycles. The van der Waals surface area contributed by atoms with Crippen molar-refractivity contribution in [3.05, 3.63) is 23.8 Å². The first kappa shape index (κ1) is 19.8. The maximum Gasteiger partial charge on any atom is 0.412 e. The summed E-state index contributed by atoms with van der Waals surface area (Å²) in [5, 5.41) is 5.36. The Morgan fingerprint density at radius 3 is 1.50 bits per heavy atom. The summed E-state index contributed by atoms with van der Waals surface area (Å²) in [4.78, 5) is 23.8. The van der Waals surface area contributed by atoms with Crippen LogP contribution in [0.2, 0.25) is 0 Å². The molecule has 0 aromatic heterocycles. The third-order valence-electron chi connectivity index (χ3n) is 2.69. The highest BCUT2D eigenvalue weighted by Crippen LogP contribution is 2.21. The Morgan fingerprint density at radius 1 is 0.833 bits per heavy atom. The van der Waals surface area contributed by atoms with Gasteiger partial charge >= 0.3 is 12.2 Å². The normalized spacial score (nSPS) is 11.6. The fourth-order valence-corrected chi connectivity index (χ4v) is 1.88. The molecule has 1 rings (SSSR count). The number of hydrogen-bond donors (Lipinski definition) is 2. The minimum absolute atomic E-state index is 0.543. The zero-order valence-corrected chi connectivity index (χ0v) is 15.6. The third kappa shape index (κ3) is 7.85. The number of benzene rings is 1. The average Bonchev–Trinajstić information content (AvgIpc) is 2.33. The quantitative estimate of drug-likeness (QED) is 0.819. The molecule has 0 heterocycles. The Morgan fingerprint density at radius 2 is 1.21 bits per heavy atom. The van der Waals surface area contributed by atoms with Gasteiger partial charge in [0, 0.05) is 11.4 Å². The van der Waals surface area contributed by atoms with Crippen molar-refractivity contribution >= 4 is 23.6 Å². The van der Waals surface area contributed by atoms with E-state index in [2.05, 4.69) is 10.6 Å². The van der Waals surface area contributed by atoms with Crippen LogP contribution in [0.1, 0.15) is 54.0 Å². The van der Waals surface area contributed by atoms with E-state index in [9.17, 15) is 9.59 Å². The second-order valence-electron chi connectivity index (χ2n) is 7.53. The first-order valence-corrected chi connectivity index (χ1v) is 8.02.